The monoisotopic (exact) mass is 325 g/mol. The van der Waals surface area contributed by atoms with Crippen LogP contribution in [0.15, 0.2) is 18.2 Å². The van der Waals surface area contributed by atoms with Crippen molar-refractivity contribution in [3.63, 3.8) is 0 Å². The molecule has 1 saturated carbocycles. The topological polar surface area (TPSA) is 64.6 Å². The fourth-order valence-corrected chi connectivity index (χ4v) is 2.69. The molecule has 6 heteroatoms. The number of carbonyl (C=O) groups excluding carboxylic acids is 1. The van der Waals surface area contributed by atoms with E-state index in [2.05, 4.69) is 5.32 Å². The molecule has 0 atom stereocenters. The Hall–Kier alpha value is -1.48. The molecule has 1 amide bonds. The number of carbonyl (C=O) groups is 1. The van der Waals surface area contributed by atoms with Crippen molar-refractivity contribution in [3.05, 3.63) is 18.2 Å². The van der Waals surface area contributed by atoms with E-state index in [0.29, 0.717) is 11.4 Å². The molecule has 1 aromatic carbocycles. The van der Waals surface area contributed by atoms with Gasteiger partial charge in [0.15, 0.2) is 0 Å². The number of rotatable bonds is 4. The molecule has 22 heavy (non-hydrogen) atoms. The third-order valence-corrected chi connectivity index (χ3v) is 4.56. The van der Waals surface area contributed by atoms with Gasteiger partial charge in [-0.1, -0.05) is 0 Å². The standard InChI is InChI=1S/C16H24NO4P/c1-16(2,3)21-15(18)17-13-9-8-12(22(4,5)19)10-14(13)20-11-6-7-11/h8-11H,6-7H2,1-5H3,(H,17,18). The van der Waals surface area contributed by atoms with Crippen LogP contribution in [-0.2, 0) is 9.30 Å². The van der Waals surface area contributed by atoms with E-state index in [1.807, 2.05) is 20.8 Å². The lowest BCUT2D eigenvalue weighted by atomic mass is 10.2. The van der Waals surface area contributed by atoms with Gasteiger partial charge in [0.1, 0.15) is 18.5 Å². The van der Waals surface area contributed by atoms with Gasteiger partial charge in [0.05, 0.1) is 11.8 Å². The highest BCUT2D eigenvalue weighted by molar-refractivity contribution is 7.70. The molecule has 5 nitrogen and oxygen atoms in total. The Labute approximate surface area is 131 Å². The number of hydrogen-bond donors (Lipinski definition) is 1. The SMILES string of the molecule is CC(C)(C)OC(=O)Nc1ccc(P(C)(C)=O)cc1OC1CC1. The number of nitrogens with one attached hydrogen (secondary N) is 1. The van der Waals surface area contributed by atoms with E-state index in [1.54, 1.807) is 31.5 Å². The van der Waals surface area contributed by atoms with Crippen molar-refractivity contribution in [1.82, 2.24) is 0 Å². The normalized spacial score (nSPS) is 15.3. The number of hydrogen-bond acceptors (Lipinski definition) is 4. The first-order chi connectivity index (χ1) is 10.0. The largest absolute Gasteiger partial charge is 0.488 e. The van der Waals surface area contributed by atoms with Gasteiger partial charge in [-0.3, -0.25) is 5.32 Å². The molecule has 0 unspecified atom stereocenters. The van der Waals surface area contributed by atoms with Crippen LogP contribution >= 0.6 is 7.14 Å². The van der Waals surface area contributed by atoms with Crippen LogP contribution in [-0.4, -0.2) is 31.1 Å². The molecule has 0 bridgehead atoms. The van der Waals surface area contributed by atoms with E-state index >= 15 is 0 Å². The van der Waals surface area contributed by atoms with Crippen molar-refractivity contribution < 1.29 is 18.8 Å². The molecule has 1 N–H and O–H groups in total. The highest BCUT2D eigenvalue weighted by Crippen LogP contribution is 2.39. The molecule has 0 spiro atoms. The average Bonchev–Trinajstić information content (AvgIpc) is 3.11. The van der Waals surface area contributed by atoms with E-state index in [1.165, 1.54) is 0 Å². The third kappa shape index (κ3) is 5.06. The first kappa shape index (κ1) is 16.9. The second kappa shape index (κ2) is 5.96. The Morgan fingerprint density at radius 2 is 1.91 bits per heavy atom. The lowest BCUT2D eigenvalue weighted by Gasteiger charge is -2.21. The van der Waals surface area contributed by atoms with E-state index in [0.717, 1.165) is 18.1 Å². The summed E-state index contributed by atoms with van der Waals surface area (Å²) in [5, 5.41) is 3.44. The van der Waals surface area contributed by atoms with Crippen LogP contribution in [0.4, 0.5) is 10.5 Å². The highest BCUT2D eigenvalue weighted by Gasteiger charge is 2.26. The summed E-state index contributed by atoms with van der Waals surface area (Å²) >= 11 is 0. The van der Waals surface area contributed by atoms with E-state index < -0.39 is 18.8 Å². The van der Waals surface area contributed by atoms with Gasteiger partial charge < -0.3 is 14.0 Å². The number of ether oxygens (including phenoxy) is 2. The quantitative estimate of drug-likeness (QED) is 0.855. The van der Waals surface area contributed by atoms with Gasteiger partial charge in [-0.15, -0.1) is 0 Å². The van der Waals surface area contributed by atoms with Crippen molar-refractivity contribution >= 4 is 24.2 Å². The second-order valence-corrected chi connectivity index (χ2v) is 10.2. The van der Waals surface area contributed by atoms with Crippen molar-refractivity contribution in [2.75, 3.05) is 18.6 Å². The molecule has 0 aromatic heterocycles. The second-order valence-electron chi connectivity index (χ2n) is 6.98. The molecule has 1 aliphatic rings. The van der Waals surface area contributed by atoms with Crippen LogP contribution in [0.2, 0.25) is 0 Å². The Kier molecular flexibility index (Phi) is 4.57. The summed E-state index contributed by atoms with van der Waals surface area (Å²) in [7, 11) is -2.38. The van der Waals surface area contributed by atoms with Crippen molar-refractivity contribution in [3.8, 4) is 5.75 Å². The molecule has 1 aliphatic carbocycles. The Balaban J connectivity index is 2.22. The predicted octanol–water partition coefficient (Wildman–Crippen LogP) is 3.82. The van der Waals surface area contributed by atoms with Crippen LogP contribution in [0, 0.1) is 0 Å². The maximum Gasteiger partial charge on any atom is 0.412 e. The Morgan fingerprint density at radius 1 is 1.27 bits per heavy atom. The molecule has 2 rings (SSSR count). The molecule has 0 heterocycles. The lowest BCUT2D eigenvalue weighted by molar-refractivity contribution is 0.0635. The Morgan fingerprint density at radius 3 is 2.41 bits per heavy atom. The summed E-state index contributed by atoms with van der Waals surface area (Å²) in [4.78, 5) is 11.9. The van der Waals surface area contributed by atoms with Crippen molar-refractivity contribution in [1.29, 1.82) is 0 Å². The fraction of sp³-hybridized carbons (Fsp3) is 0.562. The first-order valence-electron chi connectivity index (χ1n) is 7.41. The van der Waals surface area contributed by atoms with Crippen LogP contribution < -0.4 is 15.4 Å². The van der Waals surface area contributed by atoms with Crippen molar-refractivity contribution in [2.45, 2.75) is 45.3 Å². The van der Waals surface area contributed by atoms with Gasteiger partial charge in [0.25, 0.3) is 0 Å². The molecule has 122 valence electrons. The highest BCUT2D eigenvalue weighted by atomic mass is 31.2. The molecule has 0 radical (unpaired) electrons. The van der Waals surface area contributed by atoms with Gasteiger partial charge in [-0.25, -0.2) is 4.79 Å². The Bertz CT molecular complexity index is 611. The number of benzene rings is 1. The first-order valence-corrected chi connectivity index (χ1v) is 10.0. The summed E-state index contributed by atoms with van der Waals surface area (Å²) in [6, 6.07) is 5.23. The minimum absolute atomic E-state index is 0.183. The zero-order chi connectivity index (χ0) is 16.5. The molecule has 1 aromatic rings. The van der Waals surface area contributed by atoms with E-state index in [4.69, 9.17) is 9.47 Å². The van der Waals surface area contributed by atoms with E-state index in [-0.39, 0.29) is 6.10 Å². The fourth-order valence-electron chi connectivity index (χ4n) is 1.83. The maximum absolute atomic E-state index is 12.2. The smallest absolute Gasteiger partial charge is 0.412 e. The van der Waals surface area contributed by atoms with Crippen molar-refractivity contribution in [2.24, 2.45) is 0 Å². The maximum atomic E-state index is 12.2. The number of anilines is 1. The van der Waals surface area contributed by atoms with Crippen LogP contribution in [0.3, 0.4) is 0 Å². The minimum atomic E-state index is -2.38. The summed E-state index contributed by atoms with van der Waals surface area (Å²) in [6.07, 6.45) is 1.66. The number of amides is 1. The van der Waals surface area contributed by atoms with Gasteiger partial charge in [-0.05, 0) is 65.1 Å². The minimum Gasteiger partial charge on any atom is -0.488 e. The summed E-state index contributed by atoms with van der Waals surface area (Å²) in [6.45, 7) is 8.85. The molecule has 0 saturated heterocycles. The summed E-state index contributed by atoms with van der Waals surface area (Å²) < 4.78 is 23.3. The zero-order valence-corrected chi connectivity index (χ0v) is 14.7. The summed E-state index contributed by atoms with van der Waals surface area (Å²) in [5.41, 5.74) is -0.0253. The van der Waals surface area contributed by atoms with Gasteiger partial charge in [-0.2, -0.15) is 0 Å². The van der Waals surface area contributed by atoms with Gasteiger partial charge in [0.2, 0.25) is 0 Å². The molecular formula is C16H24NO4P. The van der Waals surface area contributed by atoms with E-state index in [9.17, 15) is 9.36 Å². The van der Waals surface area contributed by atoms with Crippen LogP contribution in [0.1, 0.15) is 33.6 Å². The summed E-state index contributed by atoms with van der Waals surface area (Å²) in [5.74, 6) is 0.551. The van der Waals surface area contributed by atoms with Crippen LogP contribution in [0.5, 0.6) is 5.75 Å². The predicted molar refractivity (Wildman–Crippen MR) is 89.0 cm³/mol. The average molecular weight is 325 g/mol. The molecular weight excluding hydrogens is 301 g/mol. The van der Waals surface area contributed by atoms with Crippen LogP contribution in [0.25, 0.3) is 0 Å². The molecule has 0 aliphatic heterocycles. The third-order valence-electron chi connectivity index (χ3n) is 3.04. The van der Waals surface area contributed by atoms with Gasteiger partial charge >= 0.3 is 6.09 Å². The zero-order valence-electron chi connectivity index (χ0n) is 13.8. The lowest BCUT2D eigenvalue weighted by Crippen LogP contribution is -2.27. The molecule has 1 fully saturated rings. The van der Waals surface area contributed by atoms with Gasteiger partial charge in [0, 0.05) is 5.30 Å².